The van der Waals surface area contributed by atoms with E-state index in [1.165, 1.54) is 36.0 Å². The second-order valence-corrected chi connectivity index (χ2v) is 7.13. The van der Waals surface area contributed by atoms with Crippen molar-refractivity contribution >= 4 is 45.0 Å². The average Bonchev–Trinajstić information content (AvgIpc) is 2.54. The Labute approximate surface area is 150 Å². The molecule has 0 heterocycles. The zero-order valence-corrected chi connectivity index (χ0v) is 15.1. The van der Waals surface area contributed by atoms with Crippen LogP contribution in [-0.4, -0.2) is 16.6 Å². The molecule has 0 spiro atoms. The summed E-state index contributed by atoms with van der Waals surface area (Å²) >= 11 is 4.50. The molecule has 1 amide bonds. The van der Waals surface area contributed by atoms with E-state index in [0.717, 1.165) is 0 Å². The fourth-order valence-electron chi connectivity index (χ4n) is 2.00. The van der Waals surface area contributed by atoms with Gasteiger partial charge >= 0.3 is 0 Å². The Bertz CT molecular complexity index is 773. The van der Waals surface area contributed by atoms with Crippen molar-refractivity contribution in [2.45, 2.75) is 12.2 Å². The highest BCUT2D eigenvalue weighted by Gasteiger charge is 2.14. The molecule has 0 fully saturated rings. The van der Waals surface area contributed by atoms with E-state index in [0.29, 0.717) is 15.7 Å². The lowest BCUT2D eigenvalue weighted by Crippen LogP contribution is -2.15. The number of nitrogens with zero attached hydrogens (tertiary/aromatic N) is 1. The molecule has 0 aliphatic heterocycles. The first kappa shape index (κ1) is 18.4. The summed E-state index contributed by atoms with van der Waals surface area (Å²) in [7, 11) is 0. The Morgan fingerprint density at radius 2 is 2.08 bits per heavy atom. The first-order chi connectivity index (χ1) is 11.4. The van der Waals surface area contributed by atoms with Gasteiger partial charge in [0, 0.05) is 27.4 Å². The van der Waals surface area contributed by atoms with Crippen LogP contribution in [0.5, 0.6) is 0 Å². The van der Waals surface area contributed by atoms with Gasteiger partial charge in [0.1, 0.15) is 5.82 Å². The summed E-state index contributed by atoms with van der Waals surface area (Å²) in [6.07, 6.45) is 0. The van der Waals surface area contributed by atoms with Gasteiger partial charge in [0.05, 0.1) is 16.4 Å². The molecule has 0 aromatic heterocycles. The molecule has 0 bridgehead atoms. The standard InChI is InChI=1S/C16H14BrFN2O3S/c1-10(12-4-2-3-5-14(12)18)24-9-16(21)19-15-7-6-11(20(22)23)8-13(15)17/h2-8,10H,9H2,1H3,(H,19,21). The first-order valence-electron chi connectivity index (χ1n) is 6.98. The maximum absolute atomic E-state index is 13.7. The monoisotopic (exact) mass is 412 g/mol. The lowest BCUT2D eigenvalue weighted by molar-refractivity contribution is -0.384. The number of nitrogens with one attached hydrogen (secondary N) is 1. The summed E-state index contributed by atoms with van der Waals surface area (Å²) in [4.78, 5) is 22.2. The Hall–Kier alpha value is -1.93. The predicted molar refractivity (Wildman–Crippen MR) is 96.7 cm³/mol. The molecule has 1 atom stereocenters. The number of anilines is 1. The molecule has 24 heavy (non-hydrogen) atoms. The van der Waals surface area contributed by atoms with Gasteiger partial charge in [-0.25, -0.2) is 4.39 Å². The van der Waals surface area contributed by atoms with E-state index in [1.807, 2.05) is 6.92 Å². The van der Waals surface area contributed by atoms with Crippen molar-refractivity contribution < 1.29 is 14.1 Å². The zero-order valence-electron chi connectivity index (χ0n) is 12.7. The van der Waals surface area contributed by atoms with Gasteiger partial charge in [-0.3, -0.25) is 14.9 Å². The number of rotatable bonds is 6. The van der Waals surface area contributed by atoms with Crippen LogP contribution in [0.15, 0.2) is 46.9 Å². The third-order valence-electron chi connectivity index (χ3n) is 3.25. The highest BCUT2D eigenvalue weighted by atomic mass is 79.9. The van der Waals surface area contributed by atoms with Gasteiger partial charge in [0.15, 0.2) is 0 Å². The zero-order chi connectivity index (χ0) is 17.7. The van der Waals surface area contributed by atoms with E-state index in [1.54, 1.807) is 18.2 Å². The van der Waals surface area contributed by atoms with Gasteiger partial charge in [-0.1, -0.05) is 18.2 Å². The maximum atomic E-state index is 13.7. The van der Waals surface area contributed by atoms with Crippen LogP contribution in [0.4, 0.5) is 15.8 Å². The van der Waals surface area contributed by atoms with E-state index in [2.05, 4.69) is 21.2 Å². The van der Waals surface area contributed by atoms with Gasteiger partial charge in [-0.05, 0) is 35.0 Å². The van der Waals surface area contributed by atoms with Crippen LogP contribution in [0.25, 0.3) is 0 Å². The number of amides is 1. The quantitative estimate of drug-likeness (QED) is 0.539. The van der Waals surface area contributed by atoms with Crippen molar-refractivity contribution in [1.82, 2.24) is 0 Å². The lowest BCUT2D eigenvalue weighted by atomic mass is 10.1. The number of halogens is 2. The van der Waals surface area contributed by atoms with Gasteiger partial charge in [-0.2, -0.15) is 0 Å². The topological polar surface area (TPSA) is 72.2 Å². The van der Waals surface area contributed by atoms with E-state index < -0.39 is 4.92 Å². The predicted octanol–water partition coefficient (Wildman–Crippen LogP) is 4.93. The minimum atomic E-state index is -0.512. The Morgan fingerprint density at radius 3 is 2.71 bits per heavy atom. The minimum absolute atomic E-state index is 0.0672. The molecule has 2 aromatic rings. The SMILES string of the molecule is CC(SCC(=O)Nc1ccc([N+](=O)[O-])cc1Br)c1ccccc1F. The van der Waals surface area contributed by atoms with Gasteiger partial charge in [0.2, 0.25) is 5.91 Å². The number of nitro benzene ring substituents is 1. The van der Waals surface area contributed by atoms with Gasteiger partial charge < -0.3 is 5.32 Å². The molecular weight excluding hydrogens is 399 g/mol. The highest BCUT2D eigenvalue weighted by Crippen LogP contribution is 2.31. The van der Waals surface area contributed by atoms with Gasteiger partial charge in [-0.15, -0.1) is 11.8 Å². The molecule has 2 rings (SSSR count). The van der Waals surface area contributed by atoms with Crippen molar-refractivity contribution in [3.05, 3.63) is 68.4 Å². The van der Waals surface area contributed by atoms with Crippen molar-refractivity contribution in [3.8, 4) is 0 Å². The second-order valence-electron chi connectivity index (χ2n) is 4.94. The number of thioether (sulfide) groups is 1. The van der Waals surface area contributed by atoms with E-state index in [9.17, 15) is 19.3 Å². The number of hydrogen-bond donors (Lipinski definition) is 1. The van der Waals surface area contributed by atoms with Crippen molar-refractivity contribution in [1.29, 1.82) is 0 Å². The summed E-state index contributed by atoms with van der Waals surface area (Å²) in [5, 5.41) is 13.2. The minimum Gasteiger partial charge on any atom is -0.324 e. The average molecular weight is 413 g/mol. The molecule has 1 N–H and O–H groups in total. The lowest BCUT2D eigenvalue weighted by Gasteiger charge is -2.13. The van der Waals surface area contributed by atoms with Gasteiger partial charge in [0.25, 0.3) is 5.69 Å². The molecule has 8 heteroatoms. The first-order valence-corrected chi connectivity index (χ1v) is 8.82. The summed E-state index contributed by atoms with van der Waals surface area (Å²) in [5.41, 5.74) is 0.930. The number of nitro groups is 1. The summed E-state index contributed by atoms with van der Waals surface area (Å²) < 4.78 is 14.1. The molecule has 0 radical (unpaired) electrons. The number of carbonyl (C=O) groups is 1. The molecular formula is C16H14BrFN2O3S. The number of benzene rings is 2. The Kier molecular flexibility index (Phi) is 6.33. The largest absolute Gasteiger partial charge is 0.324 e. The molecule has 0 saturated carbocycles. The smallest absolute Gasteiger partial charge is 0.270 e. The van der Waals surface area contributed by atoms with Crippen LogP contribution in [-0.2, 0) is 4.79 Å². The van der Waals surface area contributed by atoms with E-state index >= 15 is 0 Å². The number of hydrogen-bond acceptors (Lipinski definition) is 4. The third kappa shape index (κ3) is 4.78. The van der Waals surface area contributed by atoms with Crippen molar-refractivity contribution in [2.75, 3.05) is 11.1 Å². The van der Waals surface area contributed by atoms with Crippen LogP contribution in [0, 0.1) is 15.9 Å². The molecule has 1 unspecified atom stereocenters. The maximum Gasteiger partial charge on any atom is 0.270 e. The van der Waals surface area contributed by atoms with Crippen LogP contribution in [0.2, 0.25) is 0 Å². The molecule has 126 valence electrons. The summed E-state index contributed by atoms with van der Waals surface area (Å²) in [6, 6.07) is 10.6. The van der Waals surface area contributed by atoms with Crippen molar-refractivity contribution in [2.24, 2.45) is 0 Å². The molecule has 0 aliphatic carbocycles. The molecule has 2 aromatic carbocycles. The highest BCUT2D eigenvalue weighted by molar-refractivity contribution is 9.10. The molecule has 0 aliphatic rings. The Balaban J connectivity index is 1.94. The number of non-ortho nitro benzene ring substituents is 1. The van der Waals surface area contributed by atoms with Crippen molar-refractivity contribution in [3.63, 3.8) is 0 Å². The van der Waals surface area contributed by atoms with Crippen LogP contribution in [0.1, 0.15) is 17.7 Å². The normalized spacial score (nSPS) is 11.8. The van der Waals surface area contributed by atoms with E-state index in [-0.39, 0.29) is 28.4 Å². The summed E-state index contributed by atoms with van der Waals surface area (Å²) in [5.74, 6) is -0.424. The second kappa shape index (κ2) is 8.25. The third-order valence-corrected chi connectivity index (χ3v) is 5.08. The molecule has 5 nitrogen and oxygen atoms in total. The number of carbonyl (C=O) groups excluding carboxylic acids is 1. The fourth-order valence-corrected chi connectivity index (χ4v) is 3.31. The fraction of sp³-hybridized carbons (Fsp3) is 0.188. The Morgan fingerprint density at radius 1 is 1.38 bits per heavy atom. The van der Waals surface area contributed by atoms with Crippen LogP contribution < -0.4 is 5.32 Å². The van der Waals surface area contributed by atoms with E-state index in [4.69, 9.17) is 0 Å². The molecule has 0 saturated heterocycles. The summed E-state index contributed by atoms with van der Waals surface area (Å²) in [6.45, 7) is 1.83. The van der Waals surface area contributed by atoms with Crippen LogP contribution >= 0.6 is 27.7 Å². The van der Waals surface area contributed by atoms with Crippen LogP contribution in [0.3, 0.4) is 0 Å².